The molecule has 0 bridgehead atoms. The zero-order valence-corrected chi connectivity index (χ0v) is 10.7. The summed E-state index contributed by atoms with van der Waals surface area (Å²) in [7, 11) is 0. The van der Waals surface area contributed by atoms with E-state index in [0.29, 0.717) is 5.52 Å². The molecule has 3 N–H and O–H groups in total. The normalized spacial score (nSPS) is 10.8. The van der Waals surface area contributed by atoms with Gasteiger partial charge in [-0.3, -0.25) is 4.79 Å². The number of amides is 1. The first-order chi connectivity index (χ1) is 10.1. The van der Waals surface area contributed by atoms with Crippen LogP contribution in [0.4, 0.5) is 8.78 Å². The van der Waals surface area contributed by atoms with E-state index in [1.54, 1.807) is 0 Å². The molecule has 1 aromatic heterocycles. The van der Waals surface area contributed by atoms with Gasteiger partial charge >= 0.3 is 0 Å². The average Bonchev–Trinajstić information content (AvgIpc) is 2.92. The van der Waals surface area contributed by atoms with Crippen molar-refractivity contribution in [1.29, 1.82) is 0 Å². The molecular weight excluding hydrogens is 278 g/mol. The standard InChI is InChI=1S/C15H10F2N2O2/c16-11-7-12-10(4-5-19-12)13(17)14(11)21-9-3-1-2-8(6-9)15(18)20/h1-7,19H,(H2,18,20). The van der Waals surface area contributed by atoms with Crippen LogP contribution in [0.15, 0.2) is 42.6 Å². The molecule has 4 nitrogen and oxygen atoms in total. The third-order valence-electron chi connectivity index (χ3n) is 3.04. The molecule has 0 unspecified atom stereocenters. The third kappa shape index (κ3) is 2.31. The number of nitrogens with one attached hydrogen (secondary N) is 1. The number of nitrogens with two attached hydrogens (primary N) is 1. The first-order valence-corrected chi connectivity index (χ1v) is 6.09. The minimum atomic E-state index is -0.841. The largest absolute Gasteiger partial charge is 0.451 e. The Balaban J connectivity index is 2.05. The first kappa shape index (κ1) is 13.1. The Morgan fingerprint density at radius 3 is 2.76 bits per heavy atom. The van der Waals surface area contributed by atoms with Crippen molar-refractivity contribution >= 4 is 16.8 Å². The lowest BCUT2D eigenvalue weighted by atomic mass is 10.2. The lowest BCUT2D eigenvalue weighted by Crippen LogP contribution is -2.10. The Hall–Kier alpha value is -2.89. The average molecular weight is 288 g/mol. The second-order valence-corrected chi connectivity index (χ2v) is 4.43. The molecule has 3 rings (SSSR count). The molecule has 0 radical (unpaired) electrons. The van der Waals surface area contributed by atoms with Crippen molar-refractivity contribution in [3.63, 3.8) is 0 Å². The summed E-state index contributed by atoms with van der Waals surface area (Å²) in [5, 5.41) is 0.220. The monoisotopic (exact) mass is 288 g/mol. The van der Waals surface area contributed by atoms with Crippen molar-refractivity contribution in [2.24, 2.45) is 5.73 Å². The Morgan fingerprint density at radius 2 is 2.00 bits per heavy atom. The zero-order valence-electron chi connectivity index (χ0n) is 10.7. The van der Waals surface area contributed by atoms with Gasteiger partial charge in [0.2, 0.25) is 5.91 Å². The summed E-state index contributed by atoms with van der Waals surface area (Å²) in [6, 6.07) is 8.43. The van der Waals surface area contributed by atoms with E-state index in [9.17, 15) is 13.6 Å². The van der Waals surface area contributed by atoms with Crippen molar-refractivity contribution in [3.05, 3.63) is 59.8 Å². The Bertz CT molecular complexity index is 843. The maximum Gasteiger partial charge on any atom is 0.248 e. The van der Waals surface area contributed by atoms with Gasteiger partial charge in [0.1, 0.15) is 5.75 Å². The predicted octanol–water partition coefficient (Wildman–Crippen LogP) is 3.34. The third-order valence-corrected chi connectivity index (χ3v) is 3.04. The number of aromatic nitrogens is 1. The number of hydrogen-bond acceptors (Lipinski definition) is 2. The van der Waals surface area contributed by atoms with Gasteiger partial charge in [0, 0.05) is 23.2 Å². The van der Waals surface area contributed by atoms with Crippen LogP contribution in [0.5, 0.6) is 11.5 Å². The molecule has 0 fully saturated rings. The Labute approximate surface area is 118 Å². The summed E-state index contributed by atoms with van der Waals surface area (Å²) in [6.07, 6.45) is 1.50. The van der Waals surface area contributed by atoms with E-state index in [1.807, 2.05) is 0 Å². The molecule has 0 atom stereocenters. The predicted molar refractivity (Wildman–Crippen MR) is 73.2 cm³/mol. The van der Waals surface area contributed by atoms with E-state index in [2.05, 4.69) is 4.98 Å². The van der Waals surface area contributed by atoms with Gasteiger partial charge in [-0.05, 0) is 24.3 Å². The summed E-state index contributed by atoms with van der Waals surface area (Å²) >= 11 is 0. The molecule has 0 spiro atoms. The van der Waals surface area contributed by atoms with Gasteiger partial charge in [0.05, 0.1) is 5.52 Å². The molecule has 3 aromatic rings. The van der Waals surface area contributed by atoms with E-state index in [4.69, 9.17) is 10.5 Å². The van der Waals surface area contributed by atoms with Gasteiger partial charge < -0.3 is 15.5 Å². The summed E-state index contributed by atoms with van der Waals surface area (Å²) in [6.45, 7) is 0. The van der Waals surface area contributed by atoms with Crippen LogP contribution in [0.2, 0.25) is 0 Å². The molecule has 6 heteroatoms. The van der Waals surface area contributed by atoms with Crippen LogP contribution in [-0.2, 0) is 0 Å². The van der Waals surface area contributed by atoms with Gasteiger partial charge in [0.25, 0.3) is 0 Å². The van der Waals surface area contributed by atoms with Gasteiger partial charge in [0.15, 0.2) is 17.4 Å². The zero-order chi connectivity index (χ0) is 15.0. The molecule has 0 aliphatic rings. The molecule has 106 valence electrons. The van der Waals surface area contributed by atoms with Crippen molar-refractivity contribution in [2.75, 3.05) is 0 Å². The number of halogens is 2. The highest BCUT2D eigenvalue weighted by Gasteiger charge is 2.17. The second kappa shape index (κ2) is 4.90. The summed E-state index contributed by atoms with van der Waals surface area (Å²) in [4.78, 5) is 13.8. The summed E-state index contributed by atoms with van der Waals surface area (Å²) in [5.74, 6) is -2.70. The molecule has 1 heterocycles. The van der Waals surface area contributed by atoms with Crippen molar-refractivity contribution < 1.29 is 18.3 Å². The molecule has 0 saturated carbocycles. The van der Waals surface area contributed by atoms with E-state index >= 15 is 0 Å². The van der Waals surface area contributed by atoms with Crippen molar-refractivity contribution in [3.8, 4) is 11.5 Å². The number of carbonyl (C=O) groups is 1. The molecule has 0 aliphatic carbocycles. The van der Waals surface area contributed by atoms with Crippen LogP contribution >= 0.6 is 0 Å². The number of primary amides is 1. The molecule has 2 aromatic carbocycles. The minimum absolute atomic E-state index is 0.124. The number of hydrogen-bond donors (Lipinski definition) is 2. The highest BCUT2D eigenvalue weighted by Crippen LogP contribution is 2.32. The number of aromatic amines is 1. The SMILES string of the molecule is NC(=O)c1cccc(Oc2c(F)cc3[nH]ccc3c2F)c1. The maximum atomic E-state index is 14.2. The van der Waals surface area contributed by atoms with Crippen molar-refractivity contribution in [2.45, 2.75) is 0 Å². The number of ether oxygens (including phenoxy) is 1. The van der Waals surface area contributed by atoms with E-state index in [1.165, 1.54) is 36.5 Å². The number of benzene rings is 2. The minimum Gasteiger partial charge on any atom is -0.451 e. The van der Waals surface area contributed by atoms with Gasteiger partial charge in [-0.1, -0.05) is 6.07 Å². The molecule has 1 amide bonds. The lowest BCUT2D eigenvalue weighted by Gasteiger charge is -2.09. The molecule has 21 heavy (non-hydrogen) atoms. The Morgan fingerprint density at radius 1 is 1.19 bits per heavy atom. The first-order valence-electron chi connectivity index (χ1n) is 6.09. The lowest BCUT2D eigenvalue weighted by molar-refractivity contribution is 0.1000. The molecular formula is C15H10F2N2O2. The van der Waals surface area contributed by atoms with Crippen LogP contribution in [0.25, 0.3) is 10.9 Å². The number of fused-ring (bicyclic) bond motifs is 1. The fraction of sp³-hybridized carbons (Fsp3) is 0. The van der Waals surface area contributed by atoms with E-state index in [-0.39, 0.29) is 16.7 Å². The van der Waals surface area contributed by atoms with Crippen LogP contribution in [0.3, 0.4) is 0 Å². The molecule has 0 aliphatic heterocycles. The quantitative estimate of drug-likeness (QED) is 0.776. The fourth-order valence-electron chi connectivity index (χ4n) is 2.04. The van der Waals surface area contributed by atoms with Crippen LogP contribution < -0.4 is 10.5 Å². The van der Waals surface area contributed by atoms with Gasteiger partial charge in [-0.2, -0.15) is 0 Å². The maximum absolute atomic E-state index is 14.2. The highest BCUT2D eigenvalue weighted by molar-refractivity contribution is 5.93. The van der Waals surface area contributed by atoms with E-state index in [0.717, 1.165) is 6.07 Å². The smallest absolute Gasteiger partial charge is 0.248 e. The number of H-pyrrole nitrogens is 1. The Kier molecular flexibility index (Phi) is 3.06. The second-order valence-electron chi connectivity index (χ2n) is 4.43. The van der Waals surface area contributed by atoms with Crippen LogP contribution in [-0.4, -0.2) is 10.9 Å². The summed E-state index contributed by atoms with van der Waals surface area (Å²) < 4.78 is 33.4. The topological polar surface area (TPSA) is 68.1 Å². The summed E-state index contributed by atoms with van der Waals surface area (Å²) in [5.41, 5.74) is 5.68. The van der Waals surface area contributed by atoms with Gasteiger partial charge in [-0.15, -0.1) is 0 Å². The van der Waals surface area contributed by atoms with Crippen LogP contribution in [0.1, 0.15) is 10.4 Å². The number of rotatable bonds is 3. The molecule has 0 saturated heterocycles. The van der Waals surface area contributed by atoms with Gasteiger partial charge in [-0.25, -0.2) is 8.78 Å². The highest BCUT2D eigenvalue weighted by atomic mass is 19.1. The van der Waals surface area contributed by atoms with E-state index < -0.39 is 23.3 Å². The van der Waals surface area contributed by atoms with Crippen LogP contribution in [0, 0.1) is 11.6 Å². The fourth-order valence-corrected chi connectivity index (χ4v) is 2.04. The van der Waals surface area contributed by atoms with Crippen molar-refractivity contribution in [1.82, 2.24) is 4.98 Å². The number of carbonyl (C=O) groups excluding carboxylic acids is 1.